The number of nitrogens with two attached hydrogens (primary N) is 1. The topological polar surface area (TPSA) is 84.2 Å². The van der Waals surface area contributed by atoms with Gasteiger partial charge in [0.2, 0.25) is 5.91 Å². The lowest BCUT2D eigenvalue weighted by atomic mass is 10.2. The summed E-state index contributed by atoms with van der Waals surface area (Å²) >= 11 is 3.26. The van der Waals surface area contributed by atoms with Crippen LogP contribution in [0.15, 0.2) is 22.7 Å². The molecule has 0 unspecified atom stereocenters. The molecule has 7 heteroatoms. The summed E-state index contributed by atoms with van der Waals surface area (Å²) in [7, 11) is 0. The van der Waals surface area contributed by atoms with E-state index in [2.05, 4.69) is 21.2 Å². The maximum absolute atomic E-state index is 12.9. The number of nitrogens with one attached hydrogen (secondary N) is 2. The fraction of sp³-hybridized carbons (Fsp3) is 0.200. The second-order valence-corrected chi connectivity index (χ2v) is 4.11. The highest BCUT2D eigenvalue weighted by molar-refractivity contribution is 9.10. The van der Waals surface area contributed by atoms with Crippen molar-refractivity contribution >= 4 is 27.9 Å². The van der Waals surface area contributed by atoms with E-state index in [4.69, 9.17) is 5.73 Å². The molecule has 0 fully saturated rings. The Balaban J connectivity index is 2.43. The molecule has 0 aliphatic heterocycles. The smallest absolute Gasteiger partial charge is 0.318 e. The normalized spacial score (nSPS) is 10.0. The van der Waals surface area contributed by atoms with Crippen LogP contribution in [0.5, 0.6) is 0 Å². The van der Waals surface area contributed by atoms with Gasteiger partial charge in [-0.15, -0.1) is 0 Å². The quantitative estimate of drug-likeness (QED) is 0.772. The van der Waals surface area contributed by atoms with Crippen LogP contribution >= 0.6 is 15.9 Å². The number of carbonyl (C=O) groups is 2. The molecular weight excluding hydrogens is 293 g/mol. The minimum absolute atomic E-state index is 0.0775. The fourth-order valence-electron chi connectivity index (χ4n) is 1.17. The summed E-state index contributed by atoms with van der Waals surface area (Å²) in [6.07, 6.45) is 0. The van der Waals surface area contributed by atoms with Crippen LogP contribution in [0.3, 0.4) is 0 Å². The summed E-state index contributed by atoms with van der Waals surface area (Å²) in [4.78, 5) is 21.4. The fourth-order valence-corrected chi connectivity index (χ4v) is 1.56. The molecule has 0 bridgehead atoms. The zero-order valence-electron chi connectivity index (χ0n) is 8.80. The van der Waals surface area contributed by atoms with Gasteiger partial charge in [-0.1, -0.05) is 15.9 Å². The Labute approximate surface area is 106 Å². The molecule has 1 aromatic rings. The minimum atomic E-state index is -0.899. The van der Waals surface area contributed by atoms with Gasteiger partial charge in [0.1, 0.15) is 5.82 Å². The maximum atomic E-state index is 12.9. The van der Waals surface area contributed by atoms with Crippen molar-refractivity contribution in [1.82, 2.24) is 10.6 Å². The number of benzene rings is 1. The van der Waals surface area contributed by atoms with E-state index < -0.39 is 11.9 Å². The van der Waals surface area contributed by atoms with Gasteiger partial charge in [0.15, 0.2) is 0 Å². The van der Waals surface area contributed by atoms with Gasteiger partial charge < -0.3 is 11.1 Å². The average molecular weight is 304 g/mol. The van der Waals surface area contributed by atoms with Crippen molar-refractivity contribution in [2.75, 3.05) is 6.54 Å². The standard InChI is InChI=1S/C10H11BrFN3O2/c11-8-2-1-7(12)3-6(8)4-14-5-9(16)15-10(13)17/h1-3,14H,4-5H2,(H3,13,15,16,17). The molecule has 3 amide bonds. The molecule has 0 saturated carbocycles. The first-order chi connectivity index (χ1) is 7.99. The summed E-state index contributed by atoms with van der Waals surface area (Å²) in [5, 5.41) is 4.67. The molecule has 92 valence electrons. The largest absolute Gasteiger partial charge is 0.351 e. The van der Waals surface area contributed by atoms with E-state index in [0.29, 0.717) is 12.1 Å². The second kappa shape index (κ2) is 6.31. The highest BCUT2D eigenvalue weighted by Gasteiger charge is 2.05. The van der Waals surface area contributed by atoms with Crippen LogP contribution in [0, 0.1) is 5.82 Å². The molecule has 5 nitrogen and oxygen atoms in total. The Morgan fingerprint density at radius 1 is 1.41 bits per heavy atom. The zero-order valence-corrected chi connectivity index (χ0v) is 10.4. The van der Waals surface area contributed by atoms with E-state index in [-0.39, 0.29) is 12.4 Å². The first-order valence-corrected chi connectivity index (χ1v) is 5.52. The molecule has 1 aromatic carbocycles. The molecule has 0 radical (unpaired) electrons. The number of hydrogen-bond donors (Lipinski definition) is 3. The Kier molecular flexibility index (Phi) is 5.05. The van der Waals surface area contributed by atoms with Gasteiger partial charge >= 0.3 is 6.03 Å². The third kappa shape index (κ3) is 4.92. The highest BCUT2D eigenvalue weighted by atomic mass is 79.9. The minimum Gasteiger partial charge on any atom is -0.351 e. The number of rotatable bonds is 4. The van der Waals surface area contributed by atoms with E-state index in [1.54, 1.807) is 6.07 Å². The van der Waals surface area contributed by atoms with E-state index in [1.165, 1.54) is 12.1 Å². The van der Waals surface area contributed by atoms with Gasteiger partial charge in [-0.3, -0.25) is 10.1 Å². The van der Waals surface area contributed by atoms with Gasteiger partial charge in [-0.25, -0.2) is 9.18 Å². The monoisotopic (exact) mass is 303 g/mol. The predicted molar refractivity (Wildman–Crippen MR) is 63.5 cm³/mol. The van der Waals surface area contributed by atoms with E-state index >= 15 is 0 Å². The molecule has 1 rings (SSSR count). The van der Waals surface area contributed by atoms with Crippen molar-refractivity contribution in [2.24, 2.45) is 5.73 Å². The van der Waals surface area contributed by atoms with Crippen molar-refractivity contribution < 1.29 is 14.0 Å². The summed E-state index contributed by atoms with van der Waals surface area (Å²) in [5.41, 5.74) is 5.44. The molecule has 4 N–H and O–H groups in total. The number of carbonyl (C=O) groups excluding carboxylic acids is 2. The number of halogens is 2. The second-order valence-electron chi connectivity index (χ2n) is 3.25. The zero-order chi connectivity index (χ0) is 12.8. The molecule has 0 aliphatic carbocycles. The first-order valence-electron chi connectivity index (χ1n) is 4.73. The number of hydrogen-bond acceptors (Lipinski definition) is 3. The first kappa shape index (κ1) is 13.6. The van der Waals surface area contributed by atoms with Crippen molar-refractivity contribution in [3.63, 3.8) is 0 Å². The molecule has 0 aliphatic rings. The Hall–Kier alpha value is -1.47. The highest BCUT2D eigenvalue weighted by Crippen LogP contribution is 2.17. The van der Waals surface area contributed by atoms with Crippen molar-refractivity contribution in [3.8, 4) is 0 Å². The number of urea groups is 1. The summed E-state index contributed by atoms with van der Waals surface area (Å²) in [6.45, 7) is 0.219. The van der Waals surface area contributed by atoms with Gasteiger partial charge in [-0.2, -0.15) is 0 Å². The molecule has 0 saturated heterocycles. The lowest BCUT2D eigenvalue weighted by Crippen LogP contribution is -2.40. The van der Waals surface area contributed by atoms with Crippen LogP contribution < -0.4 is 16.4 Å². The van der Waals surface area contributed by atoms with Crippen LogP contribution in [0.1, 0.15) is 5.56 Å². The number of primary amides is 1. The van der Waals surface area contributed by atoms with Crippen LogP contribution in [-0.4, -0.2) is 18.5 Å². The molecule has 17 heavy (non-hydrogen) atoms. The lowest BCUT2D eigenvalue weighted by molar-refractivity contribution is -0.119. The number of imide groups is 1. The van der Waals surface area contributed by atoms with Gasteiger partial charge in [0, 0.05) is 11.0 Å². The van der Waals surface area contributed by atoms with Crippen LogP contribution in [0.4, 0.5) is 9.18 Å². The lowest BCUT2D eigenvalue weighted by Gasteiger charge is -2.06. The average Bonchev–Trinajstić information content (AvgIpc) is 2.22. The Morgan fingerprint density at radius 3 is 2.76 bits per heavy atom. The molecule has 0 aromatic heterocycles. The molecule has 0 heterocycles. The maximum Gasteiger partial charge on any atom is 0.318 e. The summed E-state index contributed by atoms with van der Waals surface area (Å²) in [6, 6.07) is 3.36. The summed E-state index contributed by atoms with van der Waals surface area (Å²) < 4.78 is 13.7. The van der Waals surface area contributed by atoms with Crippen molar-refractivity contribution in [2.45, 2.75) is 6.54 Å². The van der Waals surface area contributed by atoms with Gasteiger partial charge in [0.25, 0.3) is 0 Å². The van der Waals surface area contributed by atoms with Crippen LogP contribution in [-0.2, 0) is 11.3 Å². The van der Waals surface area contributed by atoms with Gasteiger partial charge in [-0.05, 0) is 23.8 Å². The predicted octanol–water partition coefficient (Wildman–Crippen LogP) is 0.873. The van der Waals surface area contributed by atoms with Crippen LogP contribution in [0.2, 0.25) is 0 Å². The molecule has 0 atom stereocenters. The van der Waals surface area contributed by atoms with Gasteiger partial charge in [0.05, 0.1) is 6.54 Å². The third-order valence-electron chi connectivity index (χ3n) is 1.87. The van der Waals surface area contributed by atoms with Crippen molar-refractivity contribution in [1.29, 1.82) is 0 Å². The van der Waals surface area contributed by atoms with E-state index in [9.17, 15) is 14.0 Å². The van der Waals surface area contributed by atoms with E-state index in [1.807, 2.05) is 5.32 Å². The molecule has 0 spiro atoms. The van der Waals surface area contributed by atoms with Crippen LogP contribution in [0.25, 0.3) is 0 Å². The van der Waals surface area contributed by atoms with Crippen molar-refractivity contribution in [3.05, 3.63) is 34.1 Å². The summed E-state index contributed by atoms with van der Waals surface area (Å²) in [5.74, 6) is -0.892. The molecular formula is C10H11BrFN3O2. The van der Waals surface area contributed by atoms with E-state index in [0.717, 1.165) is 4.47 Å². The SMILES string of the molecule is NC(=O)NC(=O)CNCc1cc(F)ccc1Br. The number of amides is 3. The third-order valence-corrected chi connectivity index (χ3v) is 2.65. The Morgan fingerprint density at radius 2 is 2.12 bits per heavy atom. The Bertz CT molecular complexity index is 440.